The fourth-order valence-electron chi connectivity index (χ4n) is 6.96. The highest BCUT2D eigenvalue weighted by molar-refractivity contribution is 7.89. The van der Waals surface area contributed by atoms with Gasteiger partial charge in [0.05, 0.1) is 5.52 Å². The van der Waals surface area contributed by atoms with Crippen LogP contribution in [0.2, 0.25) is 0 Å². The first-order valence-corrected chi connectivity index (χ1v) is 13.7. The summed E-state index contributed by atoms with van der Waals surface area (Å²) in [5, 5.41) is 4.10. The van der Waals surface area contributed by atoms with Gasteiger partial charge in [-0.25, -0.2) is 8.42 Å². The molecule has 4 bridgehead atoms. The predicted octanol–water partition coefficient (Wildman–Crippen LogP) is 2.48. The number of carbonyl (C=O) groups excluding carboxylic acids is 2. The molecule has 1 aromatic heterocycles. The van der Waals surface area contributed by atoms with E-state index in [1.54, 1.807) is 24.4 Å². The third-order valence-electron chi connectivity index (χ3n) is 8.38. The van der Waals surface area contributed by atoms with Gasteiger partial charge in [-0.2, -0.15) is 4.72 Å². The molecule has 0 atom stereocenters. The molecule has 1 heterocycles. The number of nitrogens with two attached hydrogens (primary N) is 1. The van der Waals surface area contributed by atoms with E-state index in [0.29, 0.717) is 30.2 Å². The molecule has 0 spiro atoms. The van der Waals surface area contributed by atoms with Crippen LogP contribution in [0.4, 0.5) is 0 Å². The van der Waals surface area contributed by atoms with Crippen molar-refractivity contribution in [2.24, 2.45) is 29.4 Å². The van der Waals surface area contributed by atoms with E-state index in [1.807, 2.05) is 12.1 Å². The number of carbonyl (C=O) groups is 2. The maximum absolute atomic E-state index is 13.5. The SMILES string of the molecule is NC=O.O=C(NC1C2CC3CC(C2)CC1C3)C1(NS(=O)(=O)c2cccc3cccnc23)CCC1. The Kier molecular flexibility index (Phi) is 6.10. The van der Waals surface area contributed by atoms with Crippen LogP contribution in [0.3, 0.4) is 0 Å². The maximum Gasteiger partial charge on any atom is 0.243 e. The molecule has 1 aromatic carbocycles. The van der Waals surface area contributed by atoms with Crippen LogP contribution >= 0.6 is 0 Å². The fraction of sp³-hybridized carbons (Fsp3) is 0.560. The number of fused-ring (bicyclic) bond motifs is 1. The minimum absolute atomic E-state index is 0.131. The Balaban J connectivity index is 0.000000764. The van der Waals surface area contributed by atoms with E-state index in [1.165, 1.54) is 32.1 Å². The standard InChI is InChI=1S/C24H29N3O3S.CH3NO/c28-23(26-21-18-11-15-10-16(13-18)14-19(21)12-15)24(7-3-8-24)27-31(29,30)20-6-1-4-17-5-2-9-25-22(17)20;2-1-3/h1-2,4-6,9,15-16,18-19,21,27H,3,7-8,10-14H2,(H,26,28);1H,(H2,2,3). The molecule has 0 saturated heterocycles. The summed E-state index contributed by atoms with van der Waals surface area (Å²) in [5.41, 5.74) is 3.57. The predicted molar refractivity (Wildman–Crippen MR) is 128 cm³/mol. The van der Waals surface area contributed by atoms with Gasteiger partial charge >= 0.3 is 0 Å². The van der Waals surface area contributed by atoms with Crippen LogP contribution in [0.5, 0.6) is 0 Å². The van der Waals surface area contributed by atoms with Gasteiger partial charge in [-0.3, -0.25) is 14.6 Å². The second kappa shape index (κ2) is 8.92. The van der Waals surface area contributed by atoms with E-state index in [-0.39, 0.29) is 23.3 Å². The highest BCUT2D eigenvalue weighted by atomic mass is 32.2. The molecule has 7 rings (SSSR count). The summed E-state index contributed by atoms with van der Waals surface area (Å²) in [5.74, 6) is 2.68. The summed E-state index contributed by atoms with van der Waals surface area (Å²) < 4.78 is 29.5. The average molecular weight is 485 g/mol. The second-order valence-corrected chi connectivity index (χ2v) is 12.1. The van der Waals surface area contributed by atoms with E-state index in [0.717, 1.165) is 23.6 Å². The van der Waals surface area contributed by atoms with E-state index in [4.69, 9.17) is 4.79 Å². The van der Waals surface area contributed by atoms with Crippen molar-refractivity contribution in [2.75, 3.05) is 0 Å². The van der Waals surface area contributed by atoms with Crippen molar-refractivity contribution in [1.29, 1.82) is 0 Å². The zero-order valence-corrected chi connectivity index (χ0v) is 20.0. The van der Waals surface area contributed by atoms with Crippen LogP contribution < -0.4 is 15.8 Å². The molecule has 2 amide bonds. The molecular weight excluding hydrogens is 452 g/mol. The fourth-order valence-corrected chi connectivity index (χ4v) is 8.57. The number of benzene rings is 1. The number of nitrogens with zero attached hydrogens (tertiary/aromatic N) is 1. The van der Waals surface area contributed by atoms with Crippen LogP contribution in [0.1, 0.15) is 51.4 Å². The van der Waals surface area contributed by atoms with Gasteiger partial charge in [0.2, 0.25) is 22.3 Å². The zero-order chi connectivity index (χ0) is 23.9. The minimum atomic E-state index is -3.88. The Morgan fingerprint density at radius 3 is 2.24 bits per heavy atom. The van der Waals surface area contributed by atoms with Gasteiger partial charge in [0.15, 0.2) is 0 Å². The molecule has 0 radical (unpaired) electrons. The van der Waals surface area contributed by atoms with Crippen LogP contribution in [0.15, 0.2) is 41.4 Å². The van der Waals surface area contributed by atoms with Crippen LogP contribution in [0.25, 0.3) is 10.9 Å². The molecule has 34 heavy (non-hydrogen) atoms. The lowest BCUT2D eigenvalue weighted by atomic mass is 9.54. The van der Waals surface area contributed by atoms with Crippen molar-refractivity contribution in [2.45, 2.75) is 67.8 Å². The molecule has 2 aromatic rings. The van der Waals surface area contributed by atoms with Gasteiger partial charge in [0.25, 0.3) is 0 Å². The van der Waals surface area contributed by atoms with E-state index < -0.39 is 15.6 Å². The Hall–Kier alpha value is -2.52. The molecule has 4 N–H and O–H groups in total. The lowest BCUT2D eigenvalue weighted by Gasteiger charge is -2.55. The number of rotatable bonds is 5. The molecule has 8 nitrogen and oxygen atoms in total. The van der Waals surface area contributed by atoms with Gasteiger partial charge in [-0.15, -0.1) is 0 Å². The molecule has 5 aliphatic rings. The number of pyridine rings is 1. The summed E-state index contributed by atoms with van der Waals surface area (Å²) in [6.07, 6.45) is 10.0. The third-order valence-corrected chi connectivity index (χ3v) is 9.95. The van der Waals surface area contributed by atoms with Gasteiger partial charge in [0, 0.05) is 17.6 Å². The van der Waals surface area contributed by atoms with Crippen LogP contribution in [-0.2, 0) is 19.6 Å². The molecule has 9 heteroatoms. The summed E-state index contributed by atoms with van der Waals surface area (Å²) in [6.45, 7) is 0. The summed E-state index contributed by atoms with van der Waals surface area (Å²) in [7, 11) is -3.88. The monoisotopic (exact) mass is 484 g/mol. The van der Waals surface area contributed by atoms with Crippen molar-refractivity contribution in [3.8, 4) is 0 Å². The molecule has 182 valence electrons. The third kappa shape index (κ3) is 4.09. The smallest absolute Gasteiger partial charge is 0.243 e. The summed E-state index contributed by atoms with van der Waals surface area (Å²) in [6, 6.07) is 8.99. The Labute approximate surface area is 200 Å². The lowest BCUT2D eigenvalue weighted by molar-refractivity contribution is -0.134. The molecule has 5 saturated carbocycles. The average Bonchev–Trinajstić information content (AvgIpc) is 2.78. The normalized spacial score (nSPS) is 30.6. The number of nitrogens with one attached hydrogen (secondary N) is 2. The number of amides is 2. The van der Waals surface area contributed by atoms with Crippen LogP contribution in [-0.4, -0.2) is 37.3 Å². The van der Waals surface area contributed by atoms with Gasteiger partial charge in [-0.05, 0) is 87.2 Å². The first kappa shape index (κ1) is 23.2. The molecular formula is C25H32N4O4S. The van der Waals surface area contributed by atoms with Crippen LogP contribution in [0, 0.1) is 23.7 Å². The molecule has 5 aliphatic carbocycles. The van der Waals surface area contributed by atoms with Crippen molar-refractivity contribution in [3.05, 3.63) is 36.5 Å². The van der Waals surface area contributed by atoms with Crippen molar-refractivity contribution >= 4 is 33.2 Å². The number of sulfonamides is 1. The Morgan fingerprint density at radius 2 is 1.65 bits per heavy atom. The quantitative estimate of drug-likeness (QED) is 0.561. The Morgan fingerprint density at radius 1 is 1.03 bits per heavy atom. The van der Waals surface area contributed by atoms with E-state index in [2.05, 4.69) is 20.8 Å². The summed E-state index contributed by atoms with van der Waals surface area (Å²) >= 11 is 0. The highest BCUT2D eigenvalue weighted by Crippen LogP contribution is 2.54. The molecule has 0 aliphatic heterocycles. The number of hydrogen-bond acceptors (Lipinski definition) is 5. The van der Waals surface area contributed by atoms with E-state index in [9.17, 15) is 13.2 Å². The van der Waals surface area contributed by atoms with Crippen molar-refractivity contribution < 1.29 is 18.0 Å². The first-order valence-electron chi connectivity index (χ1n) is 12.2. The highest BCUT2D eigenvalue weighted by Gasteiger charge is 2.52. The number of hydrogen-bond donors (Lipinski definition) is 3. The lowest BCUT2D eigenvalue weighted by Crippen LogP contribution is -2.66. The second-order valence-electron chi connectivity index (χ2n) is 10.4. The van der Waals surface area contributed by atoms with Gasteiger partial charge in [-0.1, -0.05) is 18.2 Å². The Bertz CT molecular complexity index is 1160. The molecule has 5 fully saturated rings. The van der Waals surface area contributed by atoms with Crippen molar-refractivity contribution in [1.82, 2.24) is 15.0 Å². The zero-order valence-electron chi connectivity index (χ0n) is 19.2. The van der Waals surface area contributed by atoms with Gasteiger partial charge < -0.3 is 11.1 Å². The maximum atomic E-state index is 13.5. The van der Waals surface area contributed by atoms with E-state index >= 15 is 0 Å². The number of aromatic nitrogens is 1. The van der Waals surface area contributed by atoms with Crippen molar-refractivity contribution in [3.63, 3.8) is 0 Å². The topological polar surface area (TPSA) is 131 Å². The number of para-hydroxylation sites is 1. The largest absolute Gasteiger partial charge is 0.372 e. The number of primary amides is 1. The van der Waals surface area contributed by atoms with Gasteiger partial charge in [0.1, 0.15) is 10.4 Å². The minimum Gasteiger partial charge on any atom is -0.372 e. The molecule has 0 unspecified atom stereocenters. The first-order chi connectivity index (χ1) is 16.3. The summed E-state index contributed by atoms with van der Waals surface area (Å²) in [4.78, 5) is 26.5.